The molecule has 1 aromatic carbocycles. The monoisotopic (exact) mass is 469 g/mol. The van der Waals surface area contributed by atoms with Gasteiger partial charge < -0.3 is 14.5 Å². The summed E-state index contributed by atoms with van der Waals surface area (Å²) in [6.45, 7) is 7.45. The van der Waals surface area contributed by atoms with Crippen molar-refractivity contribution in [2.45, 2.75) is 45.1 Å². The van der Waals surface area contributed by atoms with Crippen molar-refractivity contribution in [2.24, 2.45) is 0 Å². The molecule has 2 aromatic rings. The van der Waals surface area contributed by atoms with Gasteiger partial charge in [0.25, 0.3) is 5.91 Å². The Kier molecular flexibility index (Phi) is 6.69. The molecule has 2 aliphatic heterocycles. The number of hydrogen-bond donors (Lipinski definition) is 0. The summed E-state index contributed by atoms with van der Waals surface area (Å²) >= 11 is 6.00. The van der Waals surface area contributed by atoms with Crippen molar-refractivity contribution in [3.8, 4) is 5.75 Å². The maximum atomic E-state index is 12.8. The molecule has 1 aromatic heterocycles. The lowest BCUT2D eigenvalue weighted by Gasteiger charge is -2.43. The first-order chi connectivity index (χ1) is 16.1. The molecule has 1 saturated carbocycles. The van der Waals surface area contributed by atoms with Gasteiger partial charge in [-0.05, 0) is 55.5 Å². The van der Waals surface area contributed by atoms with Crippen LogP contribution in [0, 0.1) is 6.92 Å². The third kappa shape index (κ3) is 5.09. The van der Waals surface area contributed by atoms with Crippen LogP contribution in [-0.2, 0) is 17.6 Å². The second kappa shape index (κ2) is 9.85. The number of aryl methyl sites for hydroxylation is 1. The number of ether oxygens (including phenoxy) is 1. The van der Waals surface area contributed by atoms with Crippen LogP contribution in [0.2, 0.25) is 5.02 Å². The van der Waals surface area contributed by atoms with Crippen molar-refractivity contribution in [2.75, 3.05) is 50.8 Å². The topological polar surface area (TPSA) is 61.8 Å². The Balaban J connectivity index is 1.16. The summed E-state index contributed by atoms with van der Waals surface area (Å²) in [5, 5.41) is 0.664. The standard InChI is InChI=1S/C25H32ClN5O2/c1-18-15-20(26)5-6-23(18)33-17-24(32)30-9-7-19-16-27-25(28-22(19)8-10-30)31-13-11-29(12-14-31)21-3-2-4-21/h5-6,15-16,21H,2-4,7-14,17H2,1H3. The first kappa shape index (κ1) is 22.4. The van der Waals surface area contributed by atoms with Gasteiger partial charge in [0.1, 0.15) is 5.75 Å². The Morgan fingerprint density at radius 1 is 1.12 bits per heavy atom. The lowest BCUT2D eigenvalue weighted by molar-refractivity contribution is -0.133. The lowest BCUT2D eigenvalue weighted by atomic mass is 9.91. The van der Waals surface area contributed by atoms with Gasteiger partial charge in [0.2, 0.25) is 5.95 Å². The molecule has 0 radical (unpaired) electrons. The SMILES string of the molecule is Cc1cc(Cl)ccc1OCC(=O)N1CCc2cnc(N3CCN(C4CCC4)CC3)nc2CC1. The van der Waals surface area contributed by atoms with Gasteiger partial charge in [-0.3, -0.25) is 9.69 Å². The van der Waals surface area contributed by atoms with E-state index in [9.17, 15) is 4.79 Å². The van der Waals surface area contributed by atoms with Gasteiger partial charge in [0.15, 0.2) is 6.61 Å². The predicted molar refractivity (Wildman–Crippen MR) is 129 cm³/mol. The number of hydrogen-bond acceptors (Lipinski definition) is 6. The van der Waals surface area contributed by atoms with Crippen LogP contribution in [0.15, 0.2) is 24.4 Å². The molecule has 1 amide bonds. The summed E-state index contributed by atoms with van der Waals surface area (Å²) in [6.07, 6.45) is 7.59. The van der Waals surface area contributed by atoms with E-state index in [1.807, 2.05) is 30.2 Å². The first-order valence-electron chi connectivity index (χ1n) is 12.1. The van der Waals surface area contributed by atoms with Crippen molar-refractivity contribution >= 4 is 23.5 Å². The number of anilines is 1. The summed E-state index contributed by atoms with van der Waals surface area (Å²) in [7, 11) is 0. The maximum absolute atomic E-state index is 12.8. The third-order valence-corrected chi connectivity index (χ3v) is 7.48. The van der Waals surface area contributed by atoms with Gasteiger partial charge in [-0.1, -0.05) is 18.0 Å². The Labute approximate surface area is 200 Å². The van der Waals surface area contributed by atoms with E-state index in [1.165, 1.54) is 19.3 Å². The van der Waals surface area contributed by atoms with Crippen molar-refractivity contribution in [1.82, 2.24) is 19.8 Å². The molecule has 3 heterocycles. The summed E-state index contributed by atoms with van der Waals surface area (Å²) in [5.74, 6) is 1.53. The molecule has 8 heteroatoms. The van der Waals surface area contributed by atoms with Crippen molar-refractivity contribution in [1.29, 1.82) is 0 Å². The molecule has 0 unspecified atom stereocenters. The average molecular weight is 470 g/mol. The maximum Gasteiger partial charge on any atom is 0.260 e. The van der Waals surface area contributed by atoms with Crippen LogP contribution in [0.5, 0.6) is 5.75 Å². The minimum absolute atomic E-state index is 0.00236. The minimum atomic E-state index is -0.00236. The zero-order chi connectivity index (χ0) is 22.8. The van der Waals surface area contributed by atoms with Crippen LogP contribution in [0.25, 0.3) is 0 Å². The van der Waals surface area contributed by atoms with E-state index in [0.717, 1.165) is 67.8 Å². The quantitative estimate of drug-likeness (QED) is 0.670. The van der Waals surface area contributed by atoms with Crippen LogP contribution in [0.3, 0.4) is 0 Å². The van der Waals surface area contributed by atoms with Crippen LogP contribution >= 0.6 is 11.6 Å². The first-order valence-corrected chi connectivity index (χ1v) is 12.4. The highest BCUT2D eigenvalue weighted by Gasteiger charge is 2.29. The lowest BCUT2D eigenvalue weighted by Crippen LogP contribution is -2.52. The Hall–Kier alpha value is -2.38. The molecule has 0 bridgehead atoms. The van der Waals surface area contributed by atoms with E-state index < -0.39 is 0 Å². The van der Waals surface area contributed by atoms with Gasteiger partial charge in [-0.15, -0.1) is 0 Å². The van der Waals surface area contributed by atoms with Crippen molar-refractivity contribution in [3.63, 3.8) is 0 Å². The number of nitrogens with zero attached hydrogens (tertiary/aromatic N) is 5. The molecule has 1 saturated heterocycles. The smallest absolute Gasteiger partial charge is 0.260 e. The van der Waals surface area contributed by atoms with Gasteiger partial charge in [0.05, 0.1) is 5.69 Å². The summed E-state index contributed by atoms with van der Waals surface area (Å²) in [4.78, 5) is 29.2. The largest absolute Gasteiger partial charge is 0.483 e. The fourth-order valence-electron chi connectivity index (χ4n) is 4.91. The van der Waals surface area contributed by atoms with E-state index in [2.05, 4.69) is 14.8 Å². The fraction of sp³-hybridized carbons (Fsp3) is 0.560. The number of piperazine rings is 1. The van der Waals surface area contributed by atoms with E-state index in [4.69, 9.17) is 21.3 Å². The van der Waals surface area contributed by atoms with Gasteiger partial charge in [-0.25, -0.2) is 9.97 Å². The molecule has 7 nitrogen and oxygen atoms in total. The third-order valence-electron chi connectivity index (χ3n) is 7.24. The van der Waals surface area contributed by atoms with Crippen molar-refractivity contribution < 1.29 is 9.53 Å². The fourth-order valence-corrected chi connectivity index (χ4v) is 5.14. The van der Waals surface area contributed by atoms with Crippen LogP contribution in [-0.4, -0.2) is 77.6 Å². The Bertz CT molecular complexity index is 1000. The molecule has 5 rings (SSSR count). The van der Waals surface area contributed by atoms with E-state index in [1.54, 1.807) is 6.07 Å². The molecular weight excluding hydrogens is 438 g/mol. The van der Waals surface area contributed by atoms with E-state index in [-0.39, 0.29) is 12.5 Å². The van der Waals surface area contributed by atoms with Gasteiger partial charge in [0, 0.05) is 63.0 Å². The number of rotatable bonds is 5. The van der Waals surface area contributed by atoms with Crippen LogP contribution in [0.4, 0.5) is 5.95 Å². The zero-order valence-electron chi connectivity index (χ0n) is 19.3. The minimum Gasteiger partial charge on any atom is -0.483 e. The number of amides is 1. The summed E-state index contributed by atoms with van der Waals surface area (Å²) in [5.41, 5.74) is 3.15. The van der Waals surface area contributed by atoms with Crippen LogP contribution in [0.1, 0.15) is 36.1 Å². The van der Waals surface area contributed by atoms with Crippen LogP contribution < -0.4 is 9.64 Å². The normalized spacial score (nSPS) is 19.6. The van der Waals surface area contributed by atoms with E-state index in [0.29, 0.717) is 23.9 Å². The highest BCUT2D eigenvalue weighted by Crippen LogP contribution is 2.26. The van der Waals surface area contributed by atoms with Gasteiger partial charge >= 0.3 is 0 Å². The molecule has 2 fully saturated rings. The molecule has 0 atom stereocenters. The highest BCUT2D eigenvalue weighted by molar-refractivity contribution is 6.30. The summed E-state index contributed by atoms with van der Waals surface area (Å²) < 4.78 is 5.77. The predicted octanol–water partition coefficient (Wildman–Crippen LogP) is 3.12. The number of benzene rings is 1. The molecule has 1 aliphatic carbocycles. The number of aromatic nitrogens is 2. The molecule has 176 valence electrons. The number of carbonyl (C=O) groups is 1. The van der Waals surface area contributed by atoms with Crippen molar-refractivity contribution in [3.05, 3.63) is 46.2 Å². The summed E-state index contributed by atoms with van der Waals surface area (Å²) in [6, 6.07) is 6.23. The number of carbonyl (C=O) groups excluding carboxylic acids is 1. The number of halogens is 1. The molecule has 0 N–H and O–H groups in total. The van der Waals surface area contributed by atoms with E-state index >= 15 is 0 Å². The number of fused-ring (bicyclic) bond motifs is 1. The Morgan fingerprint density at radius 2 is 1.91 bits per heavy atom. The second-order valence-electron chi connectivity index (χ2n) is 9.33. The molecular formula is C25H32ClN5O2. The molecule has 33 heavy (non-hydrogen) atoms. The molecule has 0 spiro atoms. The Morgan fingerprint density at radius 3 is 2.64 bits per heavy atom. The zero-order valence-corrected chi connectivity index (χ0v) is 20.1. The highest BCUT2D eigenvalue weighted by atomic mass is 35.5. The molecule has 3 aliphatic rings. The van der Waals surface area contributed by atoms with Gasteiger partial charge in [-0.2, -0.15) is 0 Å². The average Bonchev–Trinajstić information content (AvgIpc) is 3.00. The second-order valence-corrected chi connectivity index (χ2v) is 9.77.